The molecule has 0 N–H and O–H groups in total. The second kappa shape index (κ2) is 14.8. The van der Waals surface area contributed by atoms with Crippen molar-refractivity contribution in [1.82, 2.24) is 0 Å². The van der Waals surface area contributed by atoms with Gasteiger partial charge in [0.05, 0.1) is 0 Å². The molecule has 0 aliphatic heterocycles. The van der Waals surface area contributed by atoms with Crippen molar-refractivity contribution in [2.24, 2.45) is 0 Å². The highest BCUT2D eigenvalue weighted by Crippen LogP contribution is 2.51. The number of benzene rings is 11. The van der Waals surface area contributed by atoms with Crippen LogP contribution in [0.15, 0.2) is 217 Å². The zero-order chi connectivity index (χ0) is 43.3. The van der Waals surface area contributed by atoms with E-state index in [9.17, 15) is 0 Å². The molecule has 13 aromatic rings. The van der Waals surface area contributed by atoms with Crippen LogP contribution in [0.2, 0.25) is 0 Å². The van der Waals surface area contributed by atoms with E-state index in [2.05, 4.69) is 218 Å². The van der Waals surface area contributed by atoms with Gasteiger partial charge in [-0.15, -0.1) is 11.3 Å². The van der Waals surface area contributed by atoms with E-state index < -0.39 is 0 Å². The van der Waals surface area contributed by atoms with Crippen LogP contribution in [0, 0.1) is 0 Å². The van der Waals surface area contributed by atoms with Crippen LogP contribution in [0.1, 0.15) is 22.4 Å². The molecule has 66 heavy (non-hydrogen) atoms. The molecular formula is C64H40OS. The summed E-state index contributed by atoms with van der Waals surface area (Å²) in [7, 11) is 0. The number of thiophene rings is 1. The molecule has 0 saturated heterocycles. The summed E-state index contributed by atoms with van der Waals surface area (Å²) in [6, 6.07) is 78.0. The largest absolute Gasteiger partial charge is 0.455 e. The molecule has 308 valence electrons. The van der Waals surface area contributed by atoms with Gasteiger partial charge >= 0.3 is 0 Å². The van der Waals surface area contributed by atoms with Crippen molar-refractivity contribution < 1.29 is 4.42 Å². The molecule has 1 nitrogen and oxygen atoms in total. The van der Waals surface area contributed by atoms with E-state index in [1.54, 1.807) is 0 Å². The first kappa shape index (κ1) is 37.3. The Kier molecular flexibility index (Phi) is 8.35. The first-order valence-corrected chi connectivity index (χ1v) is 23.8. The average molecular weight is 857 g/mol. The summed E-state index contributed by atoms with van der Waals surface area (Å²) in [5.74, 6) is 0. The van der Waals surface area contributed by atoms with Crippen LogP contribution in [0.3, 0.4) is 0 Å². The predicted molar refractivity (Wildman–Crippen MR) is 284 cm³/mol. The Bertz CT molecular complexity index is 4030. The molecule has 0 spiro atoms. The van der Waals surface area contributed by atoms with Crippen LogP contribution in [0.4, 0.5) is 0 Å². The second-order valence-electron chi connectivity index (χ2n) is 17.7. The second-order valence-corrected chi connectivity index (χ2v) is 18.8. The third kappa shape index (κ3) is 5.59. The summed E-state index contributed by atoms with van der Waals surface area (Å²) < 4.78 is 8.49. The van der Waals surface area contributed by atoms with Gasteiger partial charge in [0.25, 0.3) is 0 Å². The molecule has 0 saturated carbocycles. The highest BCUT2D eigenvalue weighted by molar-refractivity contribution is 7.19. The fourth-order valence-corrected chi connectivity index (χ4v) is 12.5. The smallest absolute Gasteiger partial charge is 0.143 e. The van der Waals surface area contributed by atoms with Gasteiger partial charge in [0.2, 0.25) is 0 Å². The summed E-state index contributed by atoms with van der Waals surface area (Å²) in [5, 5.41) is 13.5. The Morgan fingerprint density at radius 1 is 0.348 bits per heavy atom. The topological polar surface area (TPSA) is 13.1 Å². The highest BCUT2D eigenvalue weighted by Gasteiger charge is 2.25. The zero-order valence-corrected chi connectivity index (χ0v) is 36.8. The van der Waals surface area contributed by atoms with Crippen LogP contribution in [0.5, 0.6) is 0 Å². The lowest BCUT2D eigenvalue weighted by Crippen LogP contribution is -1.95. The van der Waals surface area contributed by atoms with Crippen molar-refractivity contribution in [2.75, 3.05) is 0 Å². The summed E-state index contributed by atoms with van der Waals surface area (Å²) in [6.45, 7) is 0. The van der Waals surface area contributed by atoms with Crippen LogP contribution < -0.4 is 0 Å². The third-order valence-corrected chi connectivity index (χ3v) is 15.4. The molecular weight excluding hydrogens is 817 g/mol. The normalized spacial score (nSPS) is 12.8. The Hall–Kier alpha value is -8.04. The van der Waals surface area contributed by atoms with Gasteiger partial charge in [-0.3, -0.25) is 0 Å². The van der Waals surface area contributed by atoms with Crippen LogP contribution in [-0.4, -0.2) is 0 Å². The Morgan fingerprint density at radius 2 is 0.833 bits per heavy atom. The molecule has 1 aliphatic carbocycles. The van der Waals surface area contributed by atoms with E-state index in [0.29, 0.717) is 0 Å². The van der Waals surface area contributed by atoms with Gasteiger partial charge in [0, 0.05) is 36.9 Å². The predicted octanol–water partition coefficient (Wildman–Crippen LogP) is 18.6. The van der Waals surface area contributed by atoms with Crippen molar-refractivity contribution in [3.05, 3.63) is 228 Å². The van der Waals surface area contributed by atoms with Gasteiger partial charge in [-0.2, -0.15) is 0 Å². The lowest BCUT2D eigenvalue weighted by Gasteiger charge is -2.18. The molecule has 2 heterocycles. The molecule has 0 radical (unpaired) electrons. The number of para-hydroxylation sites is 1. The molecule has 1 aliphatic rings. The summed E-state index contributed by atoms with van der Waals surface area (Å²) in [6.07, 6.45) is 4.61. The number of allylic oxidation sites excluding steroid dienone is 1. The number of fused-ring (bicyclic) bond motifs is 10. The number of hydrogen-bond donors (Lipinski definition) is 0. The number of aryl methyl sites for hydroxylation is 1. The van der Waals surface area contributed by atoms with Gasteiger partial charge in [0.1, 0.15) is 11.2 Å². The molecule has 0 bridgehead atoms. The molecule has 11 aromatic carbocycles. The lowest BCUT2D eigenvalue weighted by molar-refractivity contribution is 0.670. The first-order chi connectivity index (χ1) is 32.8. The van der Waals surface area contributed by atoms with Crippen LogP contribution >= 0.6 is 11.3 Å². The molecule has 2 heteroatoms. The number of hydrogen-bond acceptors (Lipinski definition) is 2. The Labute approximate surface area is 386 Å². The van der Waals surface area contributed by atoms with Gasteiger partial charge in [-0.1, -0.05) is 194 Å². The average Bonchev–Trinajstić information content (AvgIpc) is 3.96. The SMILES string of the molecule is C1=C(c2ccccc2)CCc2sc3ccc(-c4c5ccccc5c(-c5cccc6oc7c(-c8c9ccccc9c(-c9ccccc9)c9ccccc89)cccc7c56)c5ccccc45)cc3c21. The summed E-state index contributed by atoms with van der Waals surface area (Å²) >= 11 is 1.96. The summed E-state index contributed by atoms with van der Waals surface area (Å²) in [5.41, 5.74) is 15.6. The van der Waals surface area contributed by atoms with Gasteiger partial charge in [0.15, 0.2) is 0 Å². The molecule has 0 fully saturated rings. The van der Waals surface area contributed by atoms with Crippen molar-refractivity contribution in [1.29, 1.82) is 0 Å². The van der Waals surface area contributed by atoms with E-state index in [0.717, 1.165) is 40.3 Å². The van der Waals surface area contributed by atoms with Crippen molar-refractivity contribution in [2.45, 2.75) is 12.8 Å². The molecule has 0 atom stereocenters. The Morgan fingerprint density at radius 3 is 1.44 bits per heavy atom. The maximum absolute atomic E-state index is 7.14. The molecule has 2 aromatic heterocycles. The quantitative estimate of drug-likeness (QED) is 0.157. The van der Waals surface area contributed by atoms with Gasteiger partial charge in [-0.25, -0.2) is 0 Å². The first-order valence-electron chi connectivity index (χ1n) is 23.0. The van der Waals surface area contributed by atoms with Gasteiger partial charge in [-0.05, 0) is 130 Å². The van der Waals surface area contributed by atoms with E-state index in [4.69, 9.17) is 4.42 Å². The number of furan rings is 1. The summed E-state index contributed by atoms with van der Waals surface area (Å²) in [4.78, 5) is 1.49. The zero-order valence-electron chi connectivity index (χ0n) is 36.0. The van der Waals surface area contributed by atoms with Crippen molar-refractivity contribution in [3.63, 3.8) is 0 Å². The van der Waals surface area contributed by atoms with Crippen molar-refractivity contribution in [3.8, 4) is 44.5 Å². The van der Waals surface area contributed by atoms with E-state index >= 15 is 0 Å². The monoisotopic (exact) mass is 856 g/mol. The fourth-order valence-electron chi connectivity index (χ4n) is 11.4. The Balaban J connectivity index is 1.00. The van der Waals surface area contributed by atoms with E-state index in [1.165, 1.54) is 114 Å². The highest BCUT2D eigenvalue weighted by atomic mass is 32.1. The molecule has 0 amide bonds. The standard InChI is InChI=1S/C64H40OS/c1-3-17-39(18-4-1)41-33-35-57-54(37-41)55-38-42(34-36-58(55)66-57)60-45-23-9-11-25-47(45)61(48-26-12-10-24-46(48)60)51-29-16-32-56-63(51)53-31-15-30-52(64(53)65-56)62-49-27-13-7-21-43(49)59(40-19-5-2-6-20-40)44-22-8-14-28-50(44)62/h1-32,34,36-38H,33,35H2. The maximum atomic E-state index is 7.14. The minimum absolute atomic E-state index is 0.886. The van der Waals surface area contributed by atoms with Gasteiger partial charge < -0.3 is 4.42 Å². The third-order valence-electron chi connectivity index (χ3n) is 14.2. The van der Waals surface area contributed by atoms with Crippen LogP contribution in [-0.2, 0) is 6.42 Å². The minimum Gasteiger partial charge on any atom is -0.455 e. The fraction of sp³-hybridized carbons (Fsp3) is 0.0312. The molecule has 14 rings (SSSR count). The lowest BCUT2D eigenvalue weighted by atomic mass is 9.84. The minimum atomic E-state index is 0.886. The maximum Gasteiger partial charge on any atom is 0.143 e. The van der Waals surface area contributed by atoms with E-state index in [-0.39, 0.29) is 0 Å². The molecule has 0 unspecified atom stereocenters. The number of rotatable bonds is 5. The van der Waals surface area contributed by atoms with Crippen LogP contribution in [0.25, 0.3) is 131 Å². The van der Waals surface area contributed by atoms with E-state index in [1.807, 2.05) is 11.3 Å². The van der Waals surface area contributed by atoms with Crippen molar-refractivity contribution >= 4 is 98.1 Å².